The molecule has 0 heterocycles. The summed E-state index contributed by atoms with van der Waals surface area (Å²) in [6.07, 6.45) is 0.443. The number of nitrogens with zero attached hydrogens (tertiary/aromatic N) is 1. The van der Waals surface area contributed by atoms with Crippen molar-refractivity contribution in [2.24, 2.45) is 5.10 Å². The lowest BCUT2D eigenvalue weighted by atomic mass is 10.3. The molecule has 17 heavy (non-hydrogen) atoms. The maximum atomic E-state index is 12.8. The first-order valence-corrected chi connectivity index (χ1v) is 5.73. The van der Waals surface area contributed by atoms with Gasteiger partial charge in [-0.1, -0.05) is 6.92 Å². The fourth-order valence-corrected chi connectivity index (χ4v) is 1.53. The summed E-state index contributed by atoms with van der Waals surface area (Å²) in [5.74, 6) is -0.840. The van der Waals surface area contributed by atoms with Crippen molar-refractivity contribution in [3.8, 4) is 0 Å². The predicted molar refractivity (Wildman–Crippen MR) is 67.5 cm³/mol. The van der Waals surface area contributed by atoms with Gasteiger partial charge in [-0.25, -0.2) is 9.18 Å². The molecule has 0 saturated heterocycles. The van der Waals surface area contributed by atoms with E-state index in [0.717, 1.165) is 0 Å². The van der Waals surface area contributed by atoms with E-state index in [1.54, 1.807) is 6.92 Å². The minimum Gasteiger partial charge on any atom is -0.464 e. The third-order valence-corrected chi connectivity index (χ3v) is 2.65. The Kier molecular flexibility index (Phi) is 5.09. The highest BCUT2D eigenvalue weighted by molar-refractivity contribution is 9.10. The highest BCUT2D eigenvalue weighted by Crippen LogP contribution is 2.22. The van der Waals surface area contributed by atoms with Crippen molar-refractivity contribution in [1.82, 2.24) is 0 Å². The predicted octanol–water partition coefficient (Wildman–Crippen LogP) is 2.94. The maximum absolute atomic E-state index is 12.8. The highest BCUT2D eigenvalue weighted by atomic mass is 79.9. The van der Waals surface area contributed by atoms with E-state index in [1.807, 2.05) is 0 Å². The number of esters is 1. The monoisotopic (exact) mass is 302 g/mol. The molecule has 1 rings (SSSR count). The first kappa shape index (κ1) is 13.6. The summed E-state index contributed by atoms with van der Waals surface area (Å²) >= 11 is 3.19. The van der Waals surface area contributed by atoms with Gasteiger partial charge >= 0.3 is 5.97 Å². The van der Waals surface area contributed by atoms with Crippen LogP contribution in [0.25, 0.3) is 0 Å². The summed E-state index contributed by atoms with van der Waals surface area (Å²) in [7, 11) is 1.29. The van der Waals surface area contributed by atoms with Gasteiger partial charge in [-0.05, 0) is 40.5 Å². The second-order valence-corrected chi connectivity index (χ2v) is 3.99. The minimum atomic E-state index is -0.488. The van der Waals surface area contributed by atoms with Crippen LogP contribution in [0.2, 0.25) is 0 Å². The van der Waals surface area contributed by atoms with Crippen LogP contribution >= 0.6 is 15.9 Å². The summed E-state index contributed by atoms with van der Waals surface area (Å²) in [5.41, 5.74) is 3.52. The largest absolute Gasteiger partial charge is 0.464 e. The molecule has 0 atom stereocenters. The molecule has 0 radical (unpaired) electrons. The summed E-state index contributed by atoms with van der Waals surface area (Å²) in [6, 6.07) is 4.13. The Morgan fingerprint density at radius 2 is 2.29 bits per heavy atom. The van der Waals surface area contributed by atoms with Crippen molar-refractivity contribution < 1.29 is 13.9 Å². The lowest BCUT2D eigenvalue weighted by Crippen LogP contribution is -2.16. The zero-order valence-electron chi connectivity index (χ0n) is 9.46. The van der Waals surface area contributed by atoms with Gasteiger partial charge in [0.05, 0.1) is 12.8 Å². The van der Waals surface area contributed by atoms with Crippen LogP contribution in [0, 0.1) is 5.82 Å². The molecule has 0 amide bonds. The molecule has 0 fully saturated rings. The van der Waals surface area contributed by atoms with Crippen molar-refractivity contribution in [1.29, 1.82) is 0 Å². The Hall–Kier alpha value is -1.43. The smallest absolute Gasteiger partial charge is 0.354 e. The summed E-state index contributed by atoms with van der Waals surface area (Å²) in [6.45, 7) is 1.79. The lowest BCUT2D eigenvalue weighted by Gasteiger charge is -2.05. The molecule has 92 valence electrons. The zero-order valence-corrected chi connectivity index (χ0v) is 11.0. The number of methoxy groups -OCH3 is 1. The number of benzene rings is 1. The molecule has 1 aromatic rings. The Morgan fingerprint density at radius 3 is 2.82 bits per heavy atom. The van der Waals surface area contributed by atoms with Crippen LogP contribution in [0.15, 0.2) is 27.8 Å². The number of nitrogens with one attached hydrogen (secondary N) is 1. The van der Waals surface area contributed by atoms with Gasteiger partial charge in [0.2, 0.25) is 0 Å². The van der Waals surface area contributed by atoms with Crippen LogP contribution in [-0.4, -0.2) is 18.8 Å². The summed E-state index contributed by atoms with van der Waals surface area (Å²) < 4.78 is 17.9. The molecule has 1 aromatic carbocycles. The van der Waals surface area contributed by atoms with Crippen molar-refractivity contribution >= 4 is 33.3 Å². The molecule has 0 aromatic heterocycles. The van der Waals surface area contributed by atoms with E-state index in [2.05, 4.69) is 31.2 Å². The highest BCUT2D eigenvalue weighted by Gasteiger charge is 2.09. The molecule has 4 nitrogen and oxygen atoms in total. The van der Waals surface area contributed by atoms with Crippen molar-refractivity contribution in [3.63, 3.8) is 0 Å². The molecular weight excluding hydrogens is 291 g/mol. The average molecular weight is 303 g/mol. The van der Waals surface area contributed by atoms with E-state index >= 15 is 0 Å². The average Bonchev–Trinajstić information content (AvgIpc) is 2.31. The van der Waals surface area contributed by atoms with Gasteiger partial charge in [-0.3, -0.25) is 5.43 Å². The van der Waals surface area contributed by atoms with Crippen LogP contribution < -0.4 is 5.43 Å². The molecule has 0 aliphatic rings. The van der Waals surface area contributed by atoms with E-state index < -0.39 is 5.97 Å². The van der Waals surface area contributed by atoms with Crippen molar-refractivity contribution in [2.75, 3.05) is 12.5 Å². The molecule has 1 N–H and O–H groups in total. The fraction of sp³-hybridized carbons (Fsp3) is 0.273. The Labute approximate surface area is 107 Å². The fourth-order valence-electron chi connectivity index (χ4n) is 1.09. The number of halogens is 2. The molecule has 0 aliphatic carbocycles. The lowest BCUT2D eigenvalue weighted by molar-refractivity contribution is -0.132. The van der Waals surface area contributed by atoms with Gasteiger partial charge in [0.1, 0.15) is 11.5 Å². The van der Waals surface area contributed by atoms with Crippen LogP contribution in [0.5, 0.6) is 0 Å². The van der Waals surface area contributed by atoms with Crippen LogP contribution in [0.1, 0.15) is 13.3 Å². The first-order valence-electron chi connectivity index (χ1n) is 4.94. The molecule has 0 spiro atoms. The third-order valence-electron chi connectivity index (χ3n) is 2.00. The van der Waals surface area contributed by atoms with Gasteiger partial charge in [-0.15, -0.1) is 0 Å². The standard InChI is InChI=1S/C11H12BrFN2O2/c1-3-9(11(16)17-2)14-15-10-5-4-7(13)6-8(10)12/h4-6,15H,3H2,1-2H3/b14-9-. The minimum absolute atomic E-state index is 0.267. The van der Waals surface area contributed by atoms with E-state index in [1.165, 1.54) is 25.3 Å². The van der Waals surface area contributed by atoms with Gasteiger partial charge < -0.3 is 4.74 Å². The van der Waals surface area contributed by atoms with Crippen LogP contribution in [0.4, 0.5) is 10.1 Å². The van der Waals surface area contributed by atoms with E-state index in [4.69, 9.17) is 0 Å². The van der Waals surface area contributed by atoms with Gasteiger partial charge in [0, 0.05) is 4.47 Å². The number of rotatable bonds is 4. The normalized spacial score (nSPS) is 11.2. The molecule has 0 bridgehead atoms. The van der Waals surface area contributed by atoms with E-state index in [0.29, 0.717) is 16.6 Å². The SMILES string of the molecule is CC/C(=N/Nc1ccc(F)cc1Br)C(=O)OC. The number of carbonyl (C=O) groups is 1. The number of ether oxygens (including phenoxy) is 1. The van der Waals surface area contributed by atoms with Crippen molar-refractivity contribution in [3.05, 3.63) is 28.5 Å². The van der Waals surface area contributed by atoms with E-state index in [9.17, 15) is 9.18 Å². The second-order valence-electron chi connectivity index (χ2n) is 3.14. The Balaban J connectivity index is 2.84. The number of anilines is 1. The Morgan fingerprint density at radius 1 is 1.59 bits per heavy atom. The Bertz CT molecular complexity index is 449. The quantitative estimate of drug-likeness (QED) is 0.528. The summed E-state index contributed by atoms with van der Waals surface area (Å²) in [4.78, 5) is 11.2. The van der Waals surface area contributed by atoms with Gasteiger partial charge in [-0.2, -0.15) is 5.10 Å². The number of hydrazone groups is 1. The topological polar surface area (TPSA) is 50.7 Å². The second kappa shape index (κ2) is 6.34. The van der Waals surface area contributed by atoms with E-state index in [-0.39, 0.29) is 11.5 Å². The van der Waals surface area contributed by atoms with Gasteiger partial charge in [0.15, 0.2) is 0 Å². The molecule has 0 unspecified atom stereocenters. The molecular formula is C11H12BrFN2O2. The number of hydrogen-bond donors (Lipinski definition) is 1. The number of hydrogen-bond acceptors (Lipinski definition) is 4. The maximum Gasteiger partial charge on any atom is 0.354 e. The van der Waals surface area contributed by atoms with Crippen LogP contribution in [0.3, 0.4) is 0 Å². The third kappa shape index (κ3) is 3.81. The zero-order chi connectivity index (χ0) is 12.8. The first-order chi connectivity index (χ1) is 8.08. The van der Waals surface area contributed by atoms with Crippen molar-refractivity contribution in [2.45, 2.75) is 13.3 Å². The van der Waals surface area contributed by atoms with Crippen LogP contribution in [-0.2, 0) is 9.53 Å². The van der Waals surface area contributed by atoms with Gasteiger partial charge in [0.25, 0.3) is 0 Å². The molecule has 0 aliphatic heterocycles. The molecule has 6 heteroatoms. The number of carbonyl (C=O) groups excluding carboxylic acids is 1. The summed E-state index contributed by atoms with van der Waals surface area (Å²) in [5, 5.41) is 3.91. The molecule has 0 saturated carbocycles.